The summed E-state index contributed by atoms with van der Waals surface area (Å²) in [5, 5.41) is 19.2. The molecular formula is C35H24N4O4. The summed E-state index contributed by atoms with van der Waals surface area (Å²) in [5.41, 5.74) is 6.17. The molecule has 0 unspecified atom stereocenters. The highest BCUT2D eigenvalue weighted by Crippen LogP contribution is 2.35. The highest BCUT2D eigenvalue weighted by molar-refractivity contribution is 5.91. The van der Waals surface area contributed by atoms with Crippen LogP contribution in [0.5, 0.6) is 0 Å². The lowest BCUT2D eigenvalue weighted by molar-refractivity contribution is 0.0686. The minimum atomic E-state index is -1.15. The summed E-state index contributed by atoms with van der Waals surface area (Å²) in [6, 6.07) is 37.7. The summed E-state index contributed by atoms with van der Waals surface area (Å²) in [6.45, 7) is 0. The van der Waals surface area contributed by atoms with Gasteiger partial charge in [0.15, 0.2) is 0 Å². The number of hydrogen-bond acceptors (Lipinski definition) is 6. The van der Waals surface area contributed by atoms with E-state index >= 15 is 0 Å². The molecule has 0 radical (unpaired) electrons. The first-order chi connectivity index (χ1) is 21.0. The van der Waals surface area contributed by atoms with Crippen LogP contribution in [0.25, 0.3) is 33.9 Å². The standard InChI is InChI=1S/C35H24N4O4/c40-34(41)25-16-18-37-31(20-25)33-22-26(35(42)43)21-32(38-33)30-19-24(15-17-36-30)23-11-13-29(14-12-23)39(27-7-3-1-4-8-27)28-9-5-2-6-10-28/h1-22H,(H,40,41)(H,42,43). The molecule has 8 heteroatoms. The maximum absolute atomic E-state index is 12.0. The second-order valence-electron chi connectivity index (χ2n) is 9.65. The fourth-order valence-electron chi connectivity index (χ4n) is 4.77. The summed E-state index contributed by atoms with van der Waals surface area (Å²) in [5.74, 6) is -2.26. The lowest BCUT2D eigenvalue weighted by Crippen LogP contribution is -2.09. The topological polar surface area (TPSA) is 117 Å². The van der Waals surface area contributed by atoms with Gasteiger partial charge in [0, 0.05) is 29.5 Å². The van der Waals surface area contributed by atoms with Gasteiger partial charge in [-0.1, -0.05) is 48.5 Å². The Bertz CT molecular complexity index is 1890. The molecule has 0 amide bonds. The van der Waals surface area contributed by atoms with E-state index < -0.39 is 11.9 Å². The molecule has 43 heavy (non-hydrogen) atoms. The molecule has 0 aliphatic carbocycles. The van der Waals surface area contributed by atoms with Crippen molar-refractivity contribution in [3.05, 3.63) is 145 Å². The summed E-state index contributed by atoms with van der Waals surface area (Å²) in [6.07, 6.45) is 3.00. The number of nitrogens with zero attached hydrogens (tertiary/aromatic N) is 4. The molecule has 3 heterocycles. The molecule has 0 saturated carbocycles. The van der Waals surface area contributed by atoms with Gasteiger partial charge in [0.25, 0.3) is 0 Å². The van der Waals surface area contributed by atoms with E-state index in [4.69, 9.17) is 0 Å². The molecule has 0 aliphatic heterocycles. The lowest BCUT2D eigenvalue weighted by atomic mass is 10.0. The first-order valence-electron chi connectivity index (χ1n) is 13.4. The molecule has 3 aromatic carbocycles. The number of aromatic carboxylic acids is 2. The molecule has 0 spiro atoms. The van der Waals surface area contributed by atoms with Gasteiger partial charge in [-0.25, -0.2) is 14.6 Å². The highest BCUT2D eigenvalue weighted by atomic mass is 16.4. The van der Waals surface area contributed by atoms with Crippen molar-refractivity contribution in [3.63, 3.8) is 0 Å². The van der Waals surface area contributed by atoms with E-state index in [0.29, 0.717) is 11.4 Å². The predicted molar refractivity (Wildman–Crippen MR) is 165 cm³/mol. The Kier molecular flexibility index (Phi) is 7.39. The number of carbonyl (C=O) groups is 2. The van der Waals surface area contributed by atoms with Gasteiger partial charge in [-0.3, -0.25) is 9.97 Å². The zero-order valence-electron chi connectivity index (χ0n) is 22.7. The molecule has 208 valence electrons. The maximum atomic E-state index is 12.0. The molecule has 0 bridgehead atoms. The number of carboxylic acid groups (broad SMARTS) is 2. The maximum Gasteiger partial charge on any atom is 0.335 e. The quantitative estimate of drug-likeness (QED) is 0.193. The minimum Gasteiger partial charge on any atom is -0.478 e. The van der Waals surface area contributed by atoms with Crippen molar-refractivity contribution in [2.24, 2.45) is 0 Å². The molecule has 2 N–H and O–H groups in total. The van der Waals surface area contributed by atoms with Crippen molar-refractivity contribution >= 4 is 29.0 Å². The van der Waals surface area contributed by atoms with Gasteiger partial charge in [-0.05, 0) is 83.9 Å². The average molecular weight is 565 g/mol. The van der Waals surface area contributed by atoms with Crippen LogP contribution in [0.15, 0.2) is 134 Å². The third-order valence-corrected chi connectivity index (χ3v) is 6.85. The van der Waals surface area contributed by atoms with Crippen LogP contribution < -0.4 is 4.90 Å². The van der Waals surface area contributed by atoms with Crippen LogP contribution in [0.1, 0.15) is 20.7 Å². The third-order valence-electron chi connectivity index (χ3n) is 6.85. The predicted octanol–water partition coefficient (Wildman–Crippen LogP) is 7.74. The number of rotatable bonds is 8. The molecule has 6 rings (SSSR count). The van der Waals surface area contributed by atoms with Crippen molar-refractivity contribution in [2.75, 3.05) is 4.90 Å². The summed E-state index contributed by atoms with van der Waals surface area (Å²) in [4.78, 5) is 38.9. The normalized spacial score (nSPS) is 10.7. The molecule has 0 fully saturated rings. The molecule has 0 atom stereocenters. The van der Waals surface area contributed by atoms with E-state index in [1.165, 1.54) is 30.5 Å². The van der Waals surface area contributed by atoms with Gasteiger partial charge < -0.3 is 15.1 Å². The van der Waals surface area contributed by atoms with Gasteiger partial charge >= 0.3 is 11.9 Å². The second-order valence-corrected chi connectivity index (χ2v) is 9.65. The van der Waals surface area contributed by atoms with E-state index in [2.05, 4.69) is 56.3 Å². The van der Waals surface area contributed by atoms with Crippen molar-refractivity contribution < 1.29 is 19.8 Å². The molecule has 8 nitrogen and oxygen atoms in total. The van der Waals surface area contributed by atoms with Gasteiger partial charge in [0.05, 0.1) is 33.9 Å². The number of para-hydroxylation sites is 2. The van der Waals surface area contributed by atoms with Crippen LogP contribution in [0.4, 0.5) is 17.1 Å². The van der Waals surface area contributed by atoms with E-state index in [-0.39, 0.29) is 22.5 Å². The third kappa shape index (κ3) is 5.84. The Labute approximate surface area is 247 Å². The SMILES string of the molecule is O=C(O)c1ccnc(-c2cc(C(=O)O)cc(-c3cc(-c4ccc(N(c5ccccc5)c5ccccc5)cc4)ccn3)n2)c1. The molecular weight excluding hydrogens is 540 g/mol. The number of carboxylic acids is 2. The number of benzene rings is 3. The average Bonchev–Trinajstić information content (AvgIpc) is 3.06. The van der Waals surface area contributed by atoms with Gasteiger partial charge in [0.2, 0.25) is 0 Å². The van der Waals surface area contributed by atoms with Crippen LogP contribution >= 0.6 is 0 Å². The zero-order valence-corrected chi connectivity index (χ0v) is 22.7. The summed E-state index contributed by atoms with van der Waals surface area (Å²) < 4.78 is 0. The van der Waals surface area contributed by atoms with E-state index in [1.807, 2.05) is 60.7 Å². The van der Waals surface area contributed by atoms with Gasteiger partial charge in [-0.15, -0.1) is 0 Å². The lowest BCUT2D eigenvalue weighted by Gasteiger charge is -2.25. The Morgan fingerprint density at radius 3 is 1.53 bits per heavy atom. The Hall–Kier alpha value is -6.15. The molecule has 0 saturated heterocycles. The van der Waals surface area contributed by atoms with Crippen molar-refractivity contribution in [1.29, 1.82) is 0 Å². The fourth-order valence-corrected chi connectivity index (χ4v) is 4.77. The van der Waals surface area contributed by atoms with Crippen LogP contribution in [0, 0.1) is 0 Å². The van der Waals surface area contributed by atoms with E-state index in [9.17, 15) is 19.8 Å². The monoisotopic (exact) mass is 564 g/mol. The van der Waals surface area contributed by atoms with Gasteiger partial charge in [-0.2, -0.15) is 0 Å². The van der Waals surface area contributed by atoms with Crippen molar-refractivity contribution in [3.8, 4) is 33.9 Å². The molecule has 6 aromatic rings. The number of hydrogen-bond donors (Lipinski definition) is 2. The molecule has 3 aromatic heterocycles. The van der Waals surface area contributed by atoms with Crippen LogP contribution in [0.3, 0.4) is 0 Å². The number of aromatic nitrogens is 3. The zero-order chi connectivity index (χ0) is 29.8. The fraction of sp³-hybridized carbons (Fsp3) is 0. The second kappa shape index (κ2) is 11.8. The minimum absolute atomic E-state index is 0.0130. The summed E-state index contributed by atoms with van der Waals surface area (Å²) in [7, 11) is 0. The number of anilines is 3. The van der Waals surface area contributed by atoms with E-state index in [0.717, 1.165) is 28.2 Å². The smallest absolute Gasteiger partial charge is 0.335 e. The summed E-state index contributed by atoms with van der Waals surface area (Å²) >= 11 is 0. The van der Waals surface area contributed by atoms with Crippen LogP contribution in [-0.2, 0) is 0 Å². The van der Waals surface area contributed by atoms with Crippen molar-refractivity contribution in [1.82, 2.24) is 15.0 Å². The Morgan fingerprint density at radius 2 is 0.977 bits per heavy atom. The first kappa shape index (κ1) is 27.0. The Morgan fingerprint density at radius 1 is 0.488 bits per heavy atom. The van der Waals surface area contributed by atoms with E-state index in [1.54, 1.807) is 6.20 Å². The molecule has 0 aliphatic rings. The van der Waals surface area contributed by atoms with Crippen LogP contribution in [0.2, 0.25) is 0 Å². The van der Waals surface area contributed by atoms with Crippen molar-refractivity contribution in [2.45, 2.75) is 0 Å². The van der Waals surface area contributed by atoms with Gasteiger partial charge in [0.1, 0.15) is 0 Å². The first-order valence-corrected chi connectivity index (χ1v) is 13.4. The largest absolute Gasteiger partial charge is 0.478 e. The highest BCUT2D eigenvalue weighted by Gasteiger charge is 2.16. The number of pyridine rings is 3. The van der Waals surface area contributed by atoms with Crippen LogP contribution in [-0.4, -0.2) is 37.1 Å². The Balaban J connectivity index is 1.36.